The molecule has 0 aliphatic carbocycles. The van der Waals surface area contributed by atoms with Crippen LogP contribution in [0, 0.1) is 0 Å². The van der Waals surface area contributed by atoms with E-state index in [1.54, 1.807) is 0 Å². The second kappa shape index (κ2) is 35.6. The molecule has 0 aromatic rings. The summed E-state index contributed by atoms with van der Waals surface area (Å²) in [5, 5.41) is 0. The van der Waals surface area contributed by atoms with Crippen molar-refractivity contribution in [1.29, 1.82) is 0 Å². The van der Waals surface area contributed by atoms with Gasteiger partial charge in [-0.25, -0.2) is 4.57 Å². The molecule has 0 aromatic carbocycles. The average Bonchev–Trinajstić information content (AvgIpc) is 3.94. The van der Waals surface area contributed by atoms with E-state index in [0.29, 0.717) is 23.9 Å². The van der Waals surface area contributed by atoms with Gasteiger partial charge in [0.05, 0.1) is 40.0 Å². The van der Waals surface area contributed by atoms with Gasteiger partial charge in [0, 0.05) is 12.8 Å². The van der Waals surface area contributed by atoms with E-state index in [9.17, 15) is 19.0 Å². The zero-order valence-corrected chi connectivity index (χ0v) is 38.0. The molecule has 0 bridgehead atoms. The lowest BCUT2D eigenvalue weighted by Gasteiger charge is -2.24. The first kappa shape index (κ1) is 53.9. The van der Waals surface area contributed by atoms with Crippen LogP contribution in [0.4, 0.5) is 0 Å². The fourth-order valence-corrected chi connectivity index (χ4v) is 6.23. The van der Waals surface area contributed by atoms with Crippen molar-refractivity contribution >= 4 is 19.8 Å². The number of nitrogens with zero attached hydrogens (tertiary/aromatic N) is 1. The number of likely N-dealkylation sites (N-methyl/N-ethyl adjacent to an activating group) is 1. The second-order valence-electron chi connectivity index (χ2n) is 15.7. The molecule has 0 saturated carbocycles. The van der Waals surface area contributed by atoms with Crippen LogP contribution in [-0.4, -0.2) is 87.1 Å². The van der Waals surface area contributed by atoms with Crippen LogP contribution in [0.2, 0.25) is 0 Å². The highest BCUT2D eigenvalue weighted by Gasteiger charge is 2.37. The van der Waals surface area contributed by atoms with Crippen LogP contribution in [0.1, 0.15) is 129 Å². The molecule has 1 aliphatic rings. The maximum Gasteiger partial charge on any atom is 0.472 e. The minimum atomic E-state index is -4.42. The number of hydrogen-bond acceptors (Lipinski definition) is 8. The van der Waals surface area contributed by atoms with Crippen LogP contribution in [0.3, 0.4) is 0 Å². The van der Waals surface area contributed by atoms with Gasteiger partial charge in [-0.15, -0.1) is 0 Å². The summed E-state index contributed by atoms with van der Waals surface area (Å²) in [6.07, 6.45) is 49.1. The highest BCUT2D eigenvalue weighted by molar-refractivity contribution is 7.47. The summed E-state index contributed by atoms with van der Waals surface area (Å²) in [5.41, 5.74) is 0. The van der Waals surface area contributed by atoms with Crippen molar-refractivity contribution in [1.82, 2.24) is 0 Å². The molecule has 0 amide bonds. The number of phosphoric acid groups is 1. The molecule has 0 aromatic heterocycles. The summed E-state index contributed by atoms with van der Waals surface area (Å²) in [6, 6.07) is 0. The number of phosphoric ester groups is 1. The van der Waals surface area contributed by atoms with E-state index in [1.165, 1.54) is 19.3 Å². The van der Waals surface area contributed by atoms with Gasteiger partial charge in [0.25, 0.3) is 0 Å². The van der Waals surface area contributed by atoms with Crippen LogP contribution in [-0.2, 0) is 37.4 Å². The maximum atomic E-state index is 12.8. The molecule has 4 atom stereocenters. The van der Waals surface area contributed by atoms with E-state index in [1.807, 2.05) is 27.2 Å². The van der Waals surface area contributed by atoms with E-state index in [-0.39, 0.29) is 38.3 Å². The standard InChI is InChI=1S/C48H78NO9P/c1-6-8-10-12-14-16-18-20-21-22-23-24-26-28-30-32-34-38-47(50)54-42-44(43-56-59(52,53)55-41-40-49(3,4)5)57-48(51)39-35-37-46-45(58-46)36-33-31-29-27-25-19-17-15-13-11-9-7-2/h8,10,14-17,20-21,23-25,27-28,30-31,33,44-46H,6-7,9,11-13,18-19,22,26,29,32,34-43H2,1-5H3/p+1/b10-8-,16-14-,17-15-,21-20-,24-23-,27-25-,30-28-,33-31-/t44-,45?,46?/m1/s1. The van der Waals surface area contributed by atoms with E-state index in [4.69, 9.17) is 23.3 Å². The molecule has 334 valence electrons. The third-order valence-electron chi connectivity index (χ3n) is 9.02. The molecule has 1 fully saturated rings. The largest absolute Gasteiger partial charge is 0.472 e. The quantitative estimate of drug-likeness (QED) is 0.0163. The van der Waals surface area contributed by atoms with E-state index >= 15 is 0 Å². The summed E-state index contributed by atoms with van der Waals surface area (Å²) in [7, 11) is 1.38. The fourth-order valence-electron chi connectivity index (χ4n) is 5.49. The monoisotopic (exact) mass is 845 g/mol. The predicted octanol–water partition coefficient (Wildman–Crippen LogP) is 11.6. The van der Waals surface area contributed by atoms with Gasteiger partial charge in [-0.05, 0) is 89.9 Å². The molecule has 1 heterocycles. The van der Waals surface area contributed by atoms with Crippen LogP contribution in [0.5, 0.6) is 0 Å². The summed E-state index contributed by atoms with van der Waals surface area (Å²) >= 11 is 0. The Morgan fingerprint density at radius 2 is 1.17 bits per heavy atom. The summed E-state index contributed by atoms with van der Waals surface area (Å²) < 4.78 is 40.0. The highest BCUT2D eigenvalue weighted by Crippen LogP contribution is 2.43. The van der Waals surface area contributed by atoms with Crippen LogP contribution < -0.4 is 0 Å². The molecule has 0 spiro atoms. The van der Waals surface area contributed by atoms with Crippen LogP contribution in [0.25, 0.3) is 0 Å². The van der Waals surface area contributed by atoms with E-state index in [0.717, 1.165) is 70.6 Å². The minimum absolute atomic E-state index is 0.00278. The Hall–Kier alpha value is -3.11. The van der Waals surface area contributed by atoms with Gasteiger partial charge >= 0.3 is 19.8 Å². The number of allylic oxidation sites excluding steroid dienone is 15. The zero-order valence-electron chi connectivity index (χ0n) is 37.1. The molecular formula is C48H79NO9P+. The van der Waals surface area contributed by atoms with Crippen molar-refractivity contribution in [3.63, 3.8) is 0 Å². The number of carbonyl (C=O) groups excluding carboxylic acids is 2. The Labute approximate surface area is 358 Å². The molecule has 1 N–H and O–H groups in total. The minimum Gasteiger partial charge on any atom is -0.462 e. The fraction of sp³-hybridized carbons (Fsp3) is 0.625. The molecule has 1 aliphatic heterocycles. The Kier molecular flexibility index (Phi) is 32.6. The van der Waals surface area contributed by atoms with Gasteiger partial charge in [-0.3, -0.25) is 18.6 Å². The van der Waals surface area contributed by atoms with E-state index in [2.05, 4.69) is 105 Å². The Morgan fingerprint density at radius 3 is 1.73 bits per heavy atom. The molecule has 1 rings (SSSR count). The Bertz CT molecular complexity index is 1390. The number of hydrogen-bond donors (Lipinski definition) is 1. The van der Waals surface area contributed by atoms with Crippen molar-refractivity contribution in [2.75, 3.05) is 47.5 Å². The molecule has 59 heavy (non-hydrogen) atoms. The topological polar surface area (TPSA) is 121 Å². The highest BCUT2D eigenvalue weighted by atomic mass is 31.2. The number of epoxide rings is 1. The number of ether oxygens (including phenoxy) is 3. The van der Waals surface area contributed by atoms with Gasteiger partial charge in [0.2, 0.25) is 0 Å². The number of quaternary nitrogens is 1. The third kappa shape index (κ3) is 36.5. The van der Waals surface area contributed by atoms with Gasteiger partial charge in [0.15, 0.2) is 6.10 Å². The molecule has 3 unspecified atom stereocenters. The third-order valence-corrected chi connectivity index (χ3v) is 10.0. The molecular weight excluding hydrogens is 765 g/mol. The Balaban J connectivity index is 2.40. The number of unbranched alkanes of at least 4 members (excludes halogenated alkanes) is 4. The lowest BCUT2D eigenvalue weighted by molar-refractivity contribution is -0.870. The molecule has 1 saturated heterocycles. The maximum absolute atomic E-state index is 12.8. The smallest absolute Gasteiger partial charge is 0.462 e. The molecule has 0 radical (unpaired) electrons. The van der Waals surface area contributed by atoms with Crippen molar-refractivity contribution in [2.24, 2.45) is 0 Å². The lowest BCUT2D eigenvalue weighted by atomic mass is 10.1. The number of rotatable bonds is 37. The van der Waals surface area contributed by atoms with Crippen LogP contribution in [0.15, 0.2) is 97.2 Å². The van der Waals surface area contributed by atoms with Crippen molar-refractivity contribution in [3.05, 3.63) is 97.2 Å². The average molecular weight is 845 g/mol. The first-order chi connectivity index (χ1) is 28.5. The Morgan fingerprint density at radius 1 is 0.644 bits per heavy atom. The van der Waals surface area contributed by atoms with Crippen LogP contribution >= 0.6 is 7.82 Å². The lowest BCUT2D eigenvalue weighted by Crippen LogP contribution is -2.37. The van der Waals surface area contributed by atoms with Crippen molar-refractivity contribution < 1.29 is 46.8 Å². The summed E-state index contributed by atoms with van der Waals surface area (Å²) in [4.78, 5) is 35.5. The van der Waals surface area contributed by atoms with Gasteiger partial charge in [0.1, 0.15) is 19.8 Å². The zero-order chi connectivity index (χ0) is 43.3. The van der Waals surface area contributed by atoms with Crippen molar-refractivity contribution in [2.45, 2.75) is 148 Å². The molecule has 10 nitrogen and oxygen atoms in total. The van der Waals surface area contributed by atoms with E-state index < -0.39 is 32.5 Å². The first-order valence-electron chi connectivity index (χ1n) is 22.1. The summed E-state index contributed by atoms with van der Waals surface area (Å²) in [6.45, 7) is 4.09. The first-order valence-corrected chi connectivity index (χ1v) is 23.6. The normalized spacial score (nSPS) is 17.9. The van der Waals surface area contributed by atoms with Gasteiger partial charge in [-0.1, -0.05) is 124 Å². The van der Waals surface area contributed by atoms with Gasteiger partial charge in [-0.2, -0.15) is 0 Å². The summed E-state index contributed by atoms with van der Waals surface area (Å²) in [5.74, 6) is -0.955. The van der Waals surface area contributed by atoms with Gasteiger partial charge < -0.3 is 23.6 Å². The second-order valence-corrected chi connectivity index (χ2v) is 17.2. The molecule has 11 heteroatoms. The van der Waals surface area contributed by atoms with Crippen molar-refractivity contribution in [3.8, 4) is 0 Å². The number of carbonyl (C=O) groups is 2. The SMILES string of the molecule is CC/C=C\C/C=C\C/C=C\C/C=C\C/C=C\CCCC(=O)OC[C@H](COP(=O)(O)OCC[N+](C)(C)C)OC(=O)CCCC1OC1C/C=C\C/C=C\C/C=C\CCCCC. The predicted molar refractivity (Wildman–Crippen MR) is 242 cm³/mol. The number of esters is 2.